The molecule has 0 fully saturated rings. The Balaban J connectivity index is 1.68. The summed E-state index contributed by atoms with van der Waals surface area (Å²) in [5.41, 5.74) is 0. The molecule has 1 aliphatic heterocycles. The zero-order valence-corrected chi connectivity index (χ0v) is 21.0. The van der Waals surface area contributed by atoms with Crippen molar-refractivity contribution in [1.82, 2.24) is 9.21 Å². The second kappa shape index (κ2) is 11.8. The van der Waals surface area contributed by atoms with Gasteiger partial charge in [0.2, 0.25) is 16.3 Å². The number of carbonyl (C=O) groups is 1. The maximum absolute atomic E-state index is 13.1. The molecule has 1 aromatic carbocycles. The van der Waals surface area contributed by atoms with Crippen molar-refractivity contribution in [1.29, 1.82) is 0 Å². The standard InChI is InChI=1S/C23H30N2O7S2/c1-24(2)23(27)20-15-17(21-5-4-14-33-21)16-22(32-20)31-13-11-25(10-12-26)34(28,29)19-8-6-18(30-3)7-9-19/h4-9,14-15,17,22,26H,10-13,16H2,1-3H3/t17-,22+/m0/s1. The first-order chi connectivity index (χ1) is 16.3. The van der Waals surface area contributed by atoms with Crippen LogP contribution >= 0.6 is 11.3 Å². The van der Waals surface area contributed by atoms with E-state index in [4.69, 9.17) is 14.2 Å². The van der Waals surface area contributed by atoms with Crippen LogP contribution in [0.3, 0.4) is 0 Å². The number of benzene rings is 1. The van der Waals surface area contributed by atoms with Gasteiger partial charge in [-0.05, 0) is 41.8 Å². The fourth-order valence-corrected chi connectivity index (χ4v) is 5.70. The molecule has 1 amide bonds. The molecule has 1 aliphatic rings. The van der Waals surface area contributed by atoms with Crippen molar-refractivity contribution in [2.75, 3.05) is 47.5 Å². The zero-order valence-electron chi connectivity index (χ0n) is 19.4. The van der Waals surface area contributed by atoms with Gasteiger partial charge in [0.15, 0.2) is 5.76 Å². The summed E-state index contributed by atoms with van der Waals surface area (Å²) in [7, 11) is 0.949. The summed E-state index contributed by atoms with van der Waals surface area (Å²) in [6.07, 6.45) is 1.59. The molecule has 2 atom stereocenters. The molecule has 0 unspecified atom stereocenters. The van der Waals surface area contributed by atoms with Crippen LogP contribution in [0.4, 0.5) is 0 Å². The number of aliphatic hydroxyl groups excluding tert-OH is 1. The van der Waals surface area contributed by atoms with Gasteiger partial charge < -0.3 is 24.2 Å². The number of amides is 1. The molecular formula is C23H30N2O7S2. The lowest BCUT2D eigenvalue weighted by Gasteiger charge is -2.30. The summed E-state index contributed by atoms with van der Waals surface area (Å²) in [6.45, 7) is -0.370. The number of hydrogen-bond acceptors (Lipinski definition) is 8. The third-order valence-electron chi connectivity index (χ3n) is 5.27. The van der Waals surface area contributed by atoms with Crippen LogP contribution in [-0.4, -0.2) is 82.4 Å². The quantitative estimate of drug-likeness (QED) is 0.494. The second-order valence-corrected chi connectivity index (χ2v) is 10.7. The van der Waals surface area contributed by atoms with Gasteiger partial charge in [0.25, 0.3) is 5.91 Å². The third kappa shape index (κ3) is 6.36. The van der Waals surface area contributed by atoms with E-state index in [9.17, 15) is 18.3 Å². The first kappa shape index (κ1) is 26.2. The van der Waals surface area contributed by atoms with E-state index in [1.165, 1.54) is 24.1 Å². The van der Waals surface area contributed by atoms with Gasteiger partial charge in [-0.25, -0.2) is 8.42 Å². The number of likely N-dealkylation sites (N-methyl/N-ethyl adjacent to an activating group) is 1. The normalized spacial score (nSPS) is 18.3. The van der Waals surface area contributed by atoms with Crippen LogP contribution < -0.4 is 4.74 Å². The van der Waals surface area contributed by atoms with Crippen molar-refractivity contribution >= 4 is 27.3 Å². The molecule has 0 radical (unpaired) electrons. The molecule has 2 aromatic rings. The van der Waals surface area contributed by atoms with E-state index in [0.717, 1.165) is 9.18 Å². The number of sulfonamides is 1. The number of aliphatic hydroxyl groups is 1. The van der Waals surface area contributed by atoms with Crippen molar-refractivity contribution in [2.24, 2.45) is 0 Å². The average Bonchev–Trinajstić information content (AvgIpc) is 3.38. The summed E-state index contributed by atoms with van der Waals surface area (Å²) in [5.74, 6) is 0.438. The molecule has 1 aromatic heterocycles. The highest BCUT2D eigenvalue weighted by Crippen LogP contribution is 2.34. The van der Waals surface area contributed by atoms with E-state index in [1.807, 2.05) is 17.5 Å². The van der Waals surface area contributed by atoms with Crippen molar-refractivity contribution in [3.05, 3.63) is 58.5 Å². The summed E-state index contributed by atoms with van der Waals surface area (Å²) in [4.78, 5) is 15.1. The number of carbonyl (C=O) groups excluding carboxylic acids is 1. The van der Waals surface area contributed by atoms with Crippen LogP contribution in [0.2, 0.25) is 0 Å². The highest BCUT2D eigenvalue weighted by molar-refractivity contribution is 7.89. The van der Waals surface area contributed by atoms with Gasteiger partial charge in [0.05, 0.1) is 25.2 Å². The molecule has 34 heavy (non-hydrogen) atoms. The Morgan fingerprint density at radius 1 is 1.21 bits per heavy atom. The Hall–Kier alpha value is -2.44. The largest absolute Gasteiger partial charge is 0.497 e. The molecule has 0 saturated carbocycles. The summed E-state index contributed by atoms with van der Waals surface area (Å²) < 4.78 is 44.0. The Kier molecular flexibility index (Phi) is 9.09. The van der Waals surface area contributed by atoms with Gasteiger partial charge in [0, 0.05) is 44.4 Å². The van der Waals surface area contributed by atoms with E-state index < -0.39 is 16.3 Å². The molecule has 0 bridgehead atoms. The molecule has 3 rings (SSSR count). The molecule has 0 saturated heterocycles. The van der Waals surface area contributed by atoms with E-state index in [0.29, 0.717) is 12.2 Å². The lowest BCUT2D eigenvalue weighted by atomic mass is 9.99. The summed E-state index contributed by atoms with van der Waals surface area (Å²) in [6, 6.07) is 9.99. The molecule has 11 heteroatoms. The SMILES string of the molecule is COc1ccc(S(=O)(=O)N(CCO)CCO[C@H]2C[C@@H](c3cccs3)C=C(C(=O)N(C)C)O2)cc1. The predicted molar refractivity (Wildman–Crippen MR) is 128 cm³/mol. The van der Waals surface area contributed by atoms with E-state index in [-0.39, 0.29) is 48.8 Å². The highest BCUT2D eigenvalue weighted by atomic mass is 32.2. The van der Waals surface area contributed by atoms with Gasteiger partial charge in [-0.1, -0.05) is 6.07 Å². The Morgan fingerprint density at radius 2 is 1.94 bits per heavy atom. The number of methoxy groups -OCH3 is 1. The summed E-state index contributed by atoms with van der Waals surface area (Å²) >= 11 is 1.59. The smallest absolute Gasteiger partial charge is 0.288 e. The second-order valence-electron chi connectivity index (χ2n) is 7.81. The van der Waals surface area contributed by atoms with Gasteiger partial charge in [0.1, 0.15) is 5.75 Å². The maximum atomic E-state index is 13.1. The van der Waals surface area contributed by atoms with Gasteiger partial charge in [-0.2, -0.15) is 4.31 Å². The van der Waals surface area contributed by atoms with Crippen molar-refractivity contribution < 1.29 is 32.5 Å². The van der Waals surface area contributed by atoms with Crippen LogP contribution in [-0.2, 0) is 24.3 Å². The van der Waals surface area contributed by atoms with Crippen LogP contribution in [0.1, 0.15) is 17.2 Å². The third-order valence-corrected chi connectivity index (χ3v) is 8.19. The molecule has 186 valence electrons. The number of thiophene rings is 1. The molecule has 9 nitrogen and oxygen atoms in total. The molecule has 2 heterocycles. The lowest BCUT2D eigenvalue weighted by Crippen LogP contribution is -2.38. The number of allylic oxidation sites excluding steroid dienone is 1. The lowest BCUT2D eigenvalue weighted by molar-refractivity contribution is -0.151. The van der Waals surface area contributed by atoms with Crippen molar-refractivity contribution in [3.8, 4) is 5.75 Å². The van der Waals surface area contributed by atoms with Crippen LogP contribution in [0.15, 0.2) is 58.5 Å². The first-order valence-corrected chi connectivity index (χ1v) is 13.1. The number of nitrogens with zero attached hydrogens (tertiary/aromatic N) is 2. The number of rotatable bonds is 11. The molecule has 0 spiro atoms. The van der Waals surface area contributed by atoms with Gasteiger partial charge in [-0.3, -0.25) is 4.79 Å². The minimum Gasteiger partial charge on any atom is -0.497 e. The van der Waals surface area contributed by atoms with Gasteiger partial charge >= 0.3 is 0 Å². The average molecular weight is 511 g/mol. The van der Waals surface area contributed by atoms with E-state index >= 15 is 0 Å². The fourth-order valence-electron chi connectivity index (χ4n) is 3.48. The highest BCUT2D eigenvalue weighted by Gasteiger charge is 2.31. The summed E-state index contributed by atoms with van der Waals surface area (Å²) in [5, 5.41) is 11.4. The van der Waals surface area contributed by atoms with Crippen LogP contribution in [0, 0.1) is 0 Å². The minimum atomic E-state index is -3.85. The molecule has 0 aliphatic carbocycles. The number of ether oxygens (including phenoxy) is 3. The van der Waals surface area contributed by atoms with Crippen molar-refractivity contribution in [3.63, 3.8) is 0 Å². The van der Waals surface area contributed by atoms with Crippen LogP contribution in [0.5, 0.6) is 5.75 Å². The molecular weight excluding hydrogens is 480 g/mol. The number of hydrogen-bond donors (Lipinski definition) is 1. The fraction of sp³-hybridized carbons (Fsp3) is 0.435. The monoisotopic (exact) mass is 510 g/mol. The van der Waals surface area contributed by atoms with E-state index in [2.05, 4.69) is 0 Å². The van der Waals surface area contributed by atoms with E-state index in [1.54, 1.807) is 43.6 Å². The maximum Gasteiger partial charge on any atom is 0.288 e. The molecule has 1 N–H and O–H groups in total. The van der Waals surface area contributed by atoms with Gasteiger partial charge in [-0.15, -0.1) is 11.3 Å². The Bertz CT molecular complexity index is 1070. The first-order valence-electron chi connectivity index (χ1n) is 10.8. The predicted octanol–water partition coefficient (Wildman–Crippen LogP) is 2.26. The Morgan fingerprint density at radius 3 is 2.53 bits per heavy atom. The zero-order chi connectivity index (χ0) is 24.7. The minimum absolute atomic E-state index is 0.0130. The Labute approximate surface area is 204 Å². The van der Waals surface area contributed by atoms with Crippen LogP contribution in [0.25, 0.3) is 0 Å². The topological polar surface area (TPSA) is 106 Å². The van der Waals surface area contributed by atoms with Crippen molar-refractivity contribution in [2.45, 2.75) is 23.5 Å².